The molecule has 0 bridgehead atoms. The minimum absolute atomic E-state index is 0.0449. The van der Waals surface area contributed by atoms with Crippen LogP contribution in [0.15, 0.2) is 0 Å². The van der Waals surface area contributed by atoms with Crippen LogP contribution in [0.25, 0.3) is 0 Å². The Kier molecular flexibility index (Phi) is 17.4. The quantitative estimate of drug-likeness (QED) is 0.0864. The molecule has 2 aliphatic heterocycles. The number of carbonyl (C=O) groups excluding carboxylic acids is 2. The maximum atomic E-state index is 12.6. The lowest BCUT2D eigenvalue weighted by molar-refractivity contribution is -0.403. The van der Waals surface area contributed by atoms with Crippen LogP contribution in [0.1, 0.15) is 184 Å². The number of ether oxygens (including phenoxy) is 3. The number of piperidine rings is 1. The Balaban J connectivity index is 1.70. The van der Waals surface area contributed by atoms with E-state index >= 15 is 0 Å². The molecule has 2 aliphatic rings. The van der Waals surface area contributed by atoms with Crippen molar-refractivity contribution >= 4 is 11.9 Å². The molecule has 7 nitrogen and oxygen atoms in total. The first-order chi connectivity index (χ1) is 21.5. The number of hydrogen-bond donors (Lipinski definition) is 0. The fraction of sp³-hybridized carbons (Fsp3) is 0.947. The van der Waals surface area contributed by atoms with Crippen LogP contribution in [-0.4, -0.2) is 53.7 Å². The van der Waals surface area contributed by atoms with E-state index in [1.165, 1.54) is 90.4 Å². The summed E-state index contributed by atoms with van der Waals surface area (Å²) in [5, 5.41) is 1.92. The van der Waals surface area contributed by atoms with E-state index in [1.807, 2.05) is 5.06 Å². The topological polar surface area (TPSA) is 74.3 Å². The first-order valence-corrected chi connectivity index (χ1v) is 18.9. The molecule has 2 heterocycles. The number of unbranched alkanes of at least 4 members (excludes halogenated alkanes) is 14. The summed E-state index contributed by atoms with van der Waals surface area (Å²) in [4.78, 5) is 30.6. The Hall–Kier alpha value is -1.18. The van der Waals surface area contributed by atoms with Gasteiger partial charge in [-0.25, -0.2) is 0 Å². The van der Waals surface area contributed by atoms with E-state index < -0.39 is 16.9 Å². The lowest BCUT2D eigenvalue weighted by atomic mass is 9.66. The summed E-state index contributed by atoms with van der Waals surface area (Å²) in [5.74, 6) is -1.25. The van der Waals surface area contributed by atoms with Crippen molar-refractivity contribution in [1.82, 2.24) is 5.06 Å². The molecule has 0 aromatic carbocycles. The van der Waals surface area contributed by atoms with Gasteiger partial charge in [0.25, 0.3) is 0 Å². The number of hydroxylamine groups is 2. The molecule has 3 unspecified atom stereocenters. The van der Waals surface area contributed by atoms with Crippen LogP contribution in [0.3, 0.4) is 0 Å². The normalized spacial score (nSPS) is 30.4. The Bertz CT molecular complexity index is 855. The average Bonchev–Trinajstić information content (AvgIpc) is 3.04. The van der Waals surface area contributed by atoms with Gasteiger partial charge in [0.15, 0.2) is 5.79 Å². The third-order valence-electron chi connectivity index (χ3n) is 11.4. The number of carbonyl (C=O) groups is 2. The molecule has 2 fully saturated rings. The van der Waals surface area contributed by atoms with Crippen molar-refractivity contribution in [2.75, 3.05) is 19.8 Å². The summed E-state index contributed by atoms with van der Waals surface area (Å²) in [6.45, 7) is 17.8. The molecular formula is C38H71NO6. The van der Waals surface area contributed by atoms with Gasteiger partial charge in [-0.05, 0) is 39.5 Å². The maximum Gasteiger partial charge on any atom is 0.322 e. The first kappa shape index (κ1) is 40.0. The predicted octanol–water partition coefficient (Wildman–Crippen LogP) is 10.1. The molecule has 7 heteroatoms. The van der Waals surface area contributed by atoms with E-state index in [0.29, 0.717) is 32.7 Å². The Morgan fingerprint density at radius 2 is 1.22 bits per heavy atom. The molecular weight excluding hydrogens is 566 g/mol. The van der Waals surface area contributed by atoms with Crippen LogP contribution in [0, 0.1) is 11.3 Å². The molecule has 0 amide bonds. The van der Waals surface area contributed by atoms with Crippen LogP contribution in [-0.2, 0) is 28.6 Å². The smallest absolute Gasteiger partial charge is 0.322 e. The molecule has 0 saturated carbocycles. The lowest BCUT2D eigenvalue weighted by Crippen LogP contribution is -2.74. The standard InChI is InChI=1S/C38H71NO6/c1-9-13-14-15-16-17-18-19-20-21-22-23-24-25-26-27-34(41)42-29-37(12-4)30-43-38(44-31-37)28-35(7,10-2)39(45-33(6)40)36(8,11-3)32(38)5/h32H,9-31H2,1-8H3. The second-order valence-electron chi connectivity index (χ2n) is 14.9. The summed E-state index contributed by atoms with van der Waals surface area (Å²) in [6.07, 6.45) is 23.1. The van der Waals surface area contributed by atoms with Crippen LogP contribution < -0.4 is 0 Å². The van der Waals surface area contributed by atoms with Crippen LogP contribution in [0.4, 0.5) is 0 Å². The molecule has 0 aromatic heterocycles. The largest absolute Gasteiger partial charge is 0.465 e. The van der Waals surface area contributed by atoms with Crippen molar-refractivity contribution in [3.63, 3.8) is 0 Å². The molecule has 1 spiro atoms. The zero-order chi connectivity index (χ0) is 33.4. The Morgan fingerprint density at radius 3 is 1.64 bits per heavy atom. The molecule has 3 atom stereocenters. The van der Waals surface area contributed by atoms with Gasteiger partial charge in [-0.15, -0.1) is 5.06 Å². The first-order valence-electron chi connectivity index (χ1n) is 18.9. The summed E-state index contributed by atoms with van der Waals surface area (Å²) >= 11 is 0. The van der Waals surface area contributed by atoms with Crippen LogP contribution in [0.5, 0.6) is 0 Å². The highest BCUT2D eigenvalue weighted by atomic mass is 16.7. The molecule has 0 aromatic rings. The van der Waals surface area contributed by atoms with Gasteiger partial charge in [-0.3, -0.25) is 9.59 Å². The van der Waals surface area contributed by atoms with Crippen molar-refractivity contribution < 1.29 is 28.6 Å². The lowest BCUT2D eigenvalue weighted by Gasteiger charge is -2.63. The van der Waals surface area contributed by atoms with Gasteiger partial charge >= 0.3 is 11.9 Å². The third kappa shape index (κ3) is 11.5. The van der Waals surface area contributed by atoms with Gasteiger partial charge in [-0.2, -0.15) is 0 Å². The third-order valence-corrected chi connectivity index (χ3v) is 11.4. The van der Waals surface area contributed by atoms with E-state index in [1.54, 1.807) is 0 Å². The zero-order valence-corrected chi connectivity index (χ0v) is 30.7. The molecule has 0 radical (unpaired) electrons. The summed E-state index contributed by atoms with van der Waals surface area (Å²) in [5.41, 5.74) is -1.25. The zero-order valence-electron chi connectivity index (χ0n) is 30.7. The van der Waals surface area contributed by atoms with E-state index in [-0.39, 0.29) is 23.3 Å². The minimum Gasteiger partial charge on any atom is -0.465 e. The molecule has 45 heavy (non-hydrogen) atoms. The van der Waals surface area contributed by atoms with Crippen LogP contribution >= 0.6 is 0 Å². The van der Waals surface area contributed by atoms with E-state index in [2.05, 4.69) is 48.5 Å². The van der Waals surface area contributed by atoms with E-state index in [4.69, 9.17) is 19.0 Å². The summed E-state index contributed by atoms with van der Waals surface area (Å²) < 4.78 is 19.2. The molecule has 2 saturated heterocycles. The second-order valence-corrected chi connectivity index (χ2v) is 14.9. The van der Waals surface area contributed by atoms with Crippen molar-refractivity contribution in [3.8, 4) is 0 Å². The molecule has 2 rings (SSSR count). The number of rotatable bonds is 22. The molecule has 264 valence electrons. The Labute approximate surface area is 277 Å². The van der Waals surface area contributed by atoms with Crippen molar-refractivity contribution in [1.29, 1.82) is 0 Å². The van der Waals surface area contributed by atoms with Crippen molar-refractivity contribution in [3.05, 3.63) is 0 Å². The highest BCUT2D eigenvalue weighted by molar-refractivity contribution is 5.69. The molecule has 0 aliphatic carbocycles. The van der Waals surface area contributed by atoms with Gasteiger partial charge in [0.1, 0.15) is 6.61 Å². The monoisotopic (exact) mass is 638 g/mol. The van der Waals surface area contributed by atoms with Crippen molar-refractivity contribution in [2.24, 2.45) is 11.3 Å². The predicted molar refractivity (Wildman–Crippen MR) is 183 cm³/mol. The fourth-order valence-electron chi connectivity index (χ4n) is 7.41. The molecule has 0 N–H and O–H groups in total. The fourth-order valence-corrected chi connectivity index (χ4v) is 7.41. The summed E-state index contributed by atoms with van der Waals surface area (Å²) in [7, 11) is 0. The van der Waals surface area contributed by atoms with Gasteiger partial charge in [0, 0.05) is 25.7 Å². The number of nitrogens with zero attached hydrogens (tertiary/aromatic N) is 1. The van der Waals surface area contributed by atoms with E-state index in [0.717, 1.165) is 32.1 Å². The van der Waals surface area contributed by atoms with Gasteiger partial charge in [0.2, 0.25) is 0 Å². The van der Waals surface area contributed by atoms with Gasteiger partial charge in [0.05, 0.1) is 29.7 Å². The maximum absolute atomic E-state index is 12.6. The van der Waals surface area contributed by atoms with Gasteiger partial charge < -0.3 is 19.0 Å². The van der Waals surface area contributed by atoms with Gasteiger partial charge in [-0.1, -0.05) is 125 Å². The average molecular weight is 638 g/mol. The van der Waals surface area contributed by atoms with Crippen LogP contribution in [0.2, 0.25) is 0 Å². The second kappa shape index (κ2) is 19.6. The summed E-state index contributed by atoms with van der Waals surface area (Å²) in [6, 6.07) is 0. The Morgan fingerprint density at radius 1 is 0.733 bits per heavy atom. The van der Waals surface area contributed by atoms with Crippen molar-refractivity contribution in [2.45, 2.75) is 201 Å². The minimum atomic E-state index is -0.789. The number of hydrogen-bond acceptors (Lipinski definition) is 7. The highest BCUT2D eigenvalue weighted by Gasteiger charge is 2.64. The van der Waals surface area contributed by atoms with E-state index in [9.17, 15) is 9.59 Å². The highest BCUT2D eigenvalue weighted by Crippen LogP contribution is 2.54. The SMILES string of the molecule is CCCCCCCCCCCCCCCCCC(=O)OCC1(CC)COC2(CC(C)(CC)N(OC(C)=O)C(C)(CC)C2C)OC1. The number of esters is 1.